The zero-order chi connectivity index (χ0) is 9.56. The molecule has 0 bridgehead atoms. The molecular weight excluding hydrogens is 156 g/mol. The molecule has 2 rings (SSSR count). The minimum atomic E-state index is 0.442. The fourth-order valence-corrected chi connectivity index (χ4v) is 0.692. The Balaban J connectivity index is 0.000000176. The average Bonchev–Trinajstić information content (AvgIpc) is 2.75. The summed E-state index contributed by atoms with van der Waals surface area (Å²) in [6, 6.07) is 0. The van der Waals surface area contributed by atoms with Crippen LogP contribution in [0.1, 0.15) is 20.3 Å². The van der Waals surface area contributed by atoms with E-state index in [-0.39, 0.29) is 0 Å². The molecule has 0 aliphatic carbocycles. The molecule has 2 atom stereocenters. The molecule has 2 saturated heterocycles. The van der Waals surface area contributed by atoms with Crippen molar-refractivity contribution in [2.45, 2.75) is 32.5 Å². The Morgan fingerprint density at radius 3 is 1.75 bits per heavy atom. The summed E-state index contributed by atoms with van der Waals surface area (Å²) >= 11 is 0. The van der Waals surface area contributed by atoms with Crippen LogP contribution < -0.4 is 0 Å². The number of rotatable bonds is 0. The van der Waals surface area contributed by atoms with E-state index in [1.54, 1.807) is 0 Å². The van der Waals surface area contributed by atoms with E-state index < -0.39 is 0 Å². The van der Waals surface area contributed by atoms with Crippen molar-refractivity contribution in [2.24, 2.45) is 0 Å². The minimum absolute atomic E-state index is 0.442. The van der Waals surface area contributed by atoms with E-state index in [1.807, 2.05) is 6.92 Å². The maximum absolute atomic E-state index is 7.50. The van der Waals surface area contributed by atoms with Gasteiger partial charge in [-0.3, -0.25) is 0 Å². The molecule has 2 aliphatic rings. The van der Waals surface area contributed by atoms with Crippen LogP contribution in [0.15, 0.2) is 12.3 Å². The molecule has 12 heavy (non-hydrogen) atoms. The molecule has 0 amide bonds. The first-order chi connectivity index (χ1) is 5.68. The van der Waals surface area contributed by atoms with Crippen LogP contribution in [0.3, 0.4) is 0 Å². The van der Waals surface area contributed by atoms with Crippen molar-refractivity contribution < 1.29 is 14.1 Å². The molecule has 2 fully saturated rings. The zero-order valence-corrected chi connectivity index (χ0v) is 7.50. The van der Waals surface area contributed by atoms with Gasteiger partial charge in [0.1, 0.15) is 6.10 Å². The summed E-state index contributed by atoms with van der Waals surface area (Å²) in [4.78, 5) is 0. The first-order valence-electron chi connectivity index (χ1n) is 3.85. The van der Waals surface area contributed by atoms with Gasteiger partial charge in [-0.25, -0.2) is 0 Å². The quantitative estimate of drug-likeness (QED) is 0.315. The van der Waals surface area contributed by atoms with Crippen molar-refractivity contribution in [3.63, 3.8) is 0 Å². The first kappa shape index (κ1) is 11.2. The van der Waals surface area contributed by atoms with Gasteiger partial charge in [0.05, 0.1) is 18.5 Å². The second kappa shape index (κ2) is 5.84. The van der Waals surface area contributed by atoms with Gasteiger partial charge in [-0.15, -0.1) is 0 Å². The topological polar surface area (TPSA) is 41.7 Å². The van der Waals surface area contributed by atoms with E-state index in [0.717, 1.165) is 18.8 Å². The van der Waals surface area contributed by atoms with Gasteiger partial charge in [-0.2, -0.15) is 0 Å². The molecule has 0 radical (unpaired) electrons. The molecule has 2 aliphatic heterocycles. The molecule has 68 valence electrons. The average molecular weight is 170 g/mol. The molecule has 2 unspecified atom stereocenters. The third kappa shape index (κ3) is 5.98. The molecule has 0 aromatic rings. The monoisotopic (exact) mass is 170 g/mol. The standard InChI is InChI=1S/C5H8O.C3H6O.CO/c1-4-3-5(2)6-4;1-3-2-4-3;1-2/h5H,1,3H2,2H3;3H,2H2,1H3;. The predicted octanol–water partition coefficient (Wildman–Crippen LogP) is 1.68. The van der Waals surface area contributed by atoms with Crippen molar-refractivity contribution in [2.75, 3.05) is 6.61 Å². The summed E-state index contributed by atoms with van der Waals surface area (Å²) in [5, 5.41) is 0. The molecular formula is C9H14O3. The molecule has 0 N–H and O–H groups in total. The normalized spacial score (nSPS) is 29.2. The summed E-state index contributed by atoms with van der Waals surface area (Å²) < 4.78 is 17.2. The van der Waals surface area contributed by atoms with Crippen LogP contribution in [0.25, 0.3) is 0 Å². The molecule has 0 aromatic heterocycles. The van der Waals surface area contributed by atoms with E-state index in [9.17, 15) is 0 Å². The Morgan fingerprint density at radius 2 is 1.75 bits per heavy atom. The Kier molecular flexibility index (Phi) is 5.47. The summed E-state index contributed by atoms with van der Waals surface area (Å²) in [5.41, 5.74) is 0. The first-order valence-corrected chi connectivity index (χ1v) is 3.85. The second-order valence-corrected chi connectivity index (χ2v) is 2.82. The summed E-state index contributed by atoms with van der Waals surface area (Å²) in [5.74, 6) is 0.933. The zero-order valence-electron chi connectivity index (χ0n) is 7.50. The van der Waals surface area contributed by atoms with E-state index in [1.165, 1.54) is 0 Å². The van der Waals surface area contributed by atoms with E-state index in [0.29, 0.717) is 12.2 Å². The maximum atomic E-state index is 7.50. The van der Waals surface area contributed by atoms with Crippen molar-refractivity contribution in [1.82, 2.24) is 0 Å². The van der Waals surface area contributed by atoms with Crippen molar-refractivity contribution in [1.29, 1.82) is 0 Å². The van der Waals surface area contributed by atoms with Crippen LogP contribution in [0.4, 0.5) is 0 Å². The van der Waals surface area contributed by atoms with Crippen molar-refractivity contribution >= 4 is 0 Å². The van der Waals surface area contributed by atoms with Crippen LogP contribution in [-0.4, -0.2) is 18.8 Å². The van der Waals surface area contributed by atoms with E-state index >= 15 is 0 Å². The van der Waals surface area contributed by atoms with Gasteiger partial charge in [0.15, 0.2) is 0 Å². The van der Waals surface area contributed by atoms with Crippen LogP contribution in [-0.2, 0) is 14.1 Å². The van der Waals surface area contributed by atoms with Crippen LogP contribution in [0, 0.1) is 6.65 Å². The number of ether oxygens (including phenoxy) is 2. The molecule has 0 aromatic carbocycles. The number of hydrogen-bond donors (Lipinski definition) is 0. The Morgan fingerprint density at radius 1 is 1.42 bits per heavy atom. The Labute approximate surface area is 73.1 Å². The third-order valence-electron chi connectivity index (χ3n) is 1.38. The molecule has 0 spiro atoms. The van der Waals surface area contributed by atoms with Gasteiger partial charge in [-0.1, -0.05) is 6.58 Å². The van der Waals surface area contributed by atoms with Crippen LogP contribution >= 0.6 is 0 Å². The number of epoxide rings is 1. The molecule has 2 heterocycles. The summed E-state index contributed by atoms with van der Waals surface area (Å²) in [6.45, 7) is 13.2. The van der Waals surface area contributed by atoms with Gasteiger partial charge < -0.3 is 9.47 Å². The van der Waals surface area contributed by atoms with Crippen LogP contribution in [0.5, 0.6) is 0 Å². The summed E-state index contributed by atoms with van der Waals surface area (Å²) in [6.07, 6.45) is 2.08. The van der Waals surface area contributed by atoms with Gasteiger partial charge in [0.25, 0.3) is 0 Å². The van der Waals surface area contributed by atoms with E-state index in [4.69, 9.17) is 14.1 Å². The van der Waals surface area contributed by atoms with Crippen molar-refractivity contribution in [3.05, 3.63) is 19.0 Å². The second-order valence-electron chi connectivity index (χ2n) is 2.82. The SMILES string of the molecule is C=C1CC(C)O1.CC1CO1.[C-]#[O+]. The van der Waals surface area contributed by atoms with Gasteiger partial charge in [0, 0.05) is 6.42 Å². The van der Waals surface area contributed by atoms with Crippen LogP contribution in [0.2, 0.25) is 0 Å². The molecule has 3 heteroatoms. The van der Waals surface area contributed by atoms with Crippen molar-refractivity contribution in [3.8, 4) is 0 Å². The molecule has 3 nitrogen and oxygen atoms in total. The Hall–Kier alpha value is -0.760. The van der Waals surface area contributed by atoms with E-state index in [2.05, 4.69) is 20.2 Å². The third-order valence-corrected chi connectivity index (χ3v) is 1.38. The van der Waals surface area contributed by atoms with Gasteiger partial charge in [0.2, 0.25) is 0 Å². The number of hydrogen-bond acceptors (Lipinski definition) is 2. The fraction of sp³-hybridized carbons (Fsp3) is 0.667. The van der Waals surface area contributed by atoms with Gasteiger partial charge in [-0.05, 0) is 13.8 Å². The summed E-state index contributed by atoms with van der Waals surface area (Å²) in [7, 11) is 0. The fourth-order valence-electron chi connectivity index (χ4n) is 0.692. The molecule has 0 saturated carbocycles. The Bertz CT molecular complexity index is 150. The predicted molar refractivity (Wildman–Crippen MR) is 43.6 cm³/mol. The van der Waals surface area contributed by atoms with Gasteiger partial charge >= 0.3 is 11.3 Å².